The number of nitrogens with zero attached hydrogens (tertiary/aromatic N) is 2. The molecule has 160 valence electrons. The van der Waals surface area contributed by atoms with Crippen LogP contribution in [0, 0.1) is 5.41 Å². The van der Waals surface area contributed by atoms with Gasteiger partial charge in [-0.05, 0) is 31.9 Å². The van der Waals surface area contributed by atoms with Crippen LogP contribution < -0.4 is 21.9 Å². The van der Waals surface area contributed by atoms with Crippen LogP contribution in [0.4, 0.5) is 0 Å². The number of ether oxygens (including phenoxy) is 1. The molecule has 3 rings (SSSR count). The van der Waals surface area contributed by atoms with Gasteiger partial charge in [-0.15, -0.1) is 0 Å². The van der Waals surface area contributed by atoms with E-state index < -0.39 is 5.91 Å². The van der Waals surface area contributed by atoms with Gasteiger partial charge in [0.2, 0.25) is 5.88 Å². The number of nitrogens with one attached hydrogen (secondary N) is 1. The van der Waals surface area contributed by atoms with E-state index in [0.29, 0.717) is 17.3 Å². The number of aliphatic imine (C=N–C) groups is 1. The van der Waals surface area contributed by atoms with Gasteiger partial charge in [0.25, 0.3) is 5.91 Å². The van der Waals surface area contributed by atoms with Crippen LogP contribution in [-0.4, -0.2) is 40.3 Å². The van der Waals surface area contributed by atoms with Crippen LogP contribution in [0.5, 0.6) is 5.88 Å². The molecule has 1 saturated carbocycles. The third-order valence-electron chi connectivity index (χ3n) is 6.43. The number of H-pyrrole nitrogens is 1. The van der Waals surface area contributed by atoms with Crippen molar-refractivity contribution in [3.05, 3.63) is 48.1 Å². The summed E-state index contributed by atoms with van der Waals surface area (Å²) in [6, 6.07) is 5.52. The number of carbonyl (C=O) groups excluding carboxylic acids is 1. The summed E-state index contributed by atoms with van der Waals surface area (Å²) in [5, 5.41) is 0. The summed E-state index contributed by atoms with van der Waals surface area (Å²) in [5.74, 6) is -0.100. The third-order valence-corrected chi connectivity index (χ3v) is 6.43. The lowest BCUT2D eigenvalue weighted by Crippen LogP contribution is -2.49. The molecule has 30 heavy (non-hydrogen) atoms. The normalized spacial score (nSPS) is 24.1. The molecule has 2 aromatic heterocycles. The quantitative estimate of drug-likeness (QED) is 0.425. The number of aromatic amines is 1. The zero-order valence-electron chi connectivity index (χ0n) is 17.9. The Morgan fingerprint density at radius 1 is 1.33 bits per heavy atom. The number of nitrogens with two attached hydrogens (primary N) is 3. The molecule has 1 aliphatic carbocycles. The molecule has 0 radical (unpaired) electrons. The van der Waals surface area contributed by atoms with Gasteiger partial charge >= 0.3 is 0 Å². The topological polar surface area (TPSA) is 145 Å². The second-order valence-corrected chi connectivity index (χ2v) is 8.51. The molecule has 1 amide bonds. The van der Waals surface area contributed by atoms with E-state index in [1.165, 1.54) is 6.20 Å². The lowest BCUT2D eigenvalue weighted by Gasteiger charge is -2.37. The fourth-order valence-electron chi connectivity index (χ4n) is 3.81. The fraction of sp³-hybridized carbons (Fsp3) is 0.409. The Hall–Kier alpha value is -3.13. The highest BCUT2D eigenvalue weighted by molar-refractivity contribution is 6.27. The molecular formula is C22H30N6O2. The van der Waals surface area contributed by atoms with Gasteiger partial charge in [0.05, 0.1) is 30.1 Å². The van der Waals surface area contributed by atoms with E-state index in [1.54, 1.807) is 19.4 Å². The zero-order valence-corrected chi connectivity index (χ0v) is 17.9. The molecule has 0 spiro atoms. The van der Waals surface area contributed by atoms with E-state index >= 15 is 0 Å². The maximum Gasteiger partial charge on any atom is 0.252 e. The SMILES string of the molecule is COc1ccc(-c2c[nH]c(C(=NC3CC[C@@](C)(N)C3(C)C)C(=CN)C(N)=O)c2)cn1. The highest BCUT2D eigenvalue weighted by atomic mass is 16.5. The Kier molecular flexibility index (Phi) is 5.72. The van der Waals surface area contributed by atoms with Crippen molar-refractivity contribution >= 4 is 11.6 Å². The summed E-state index contributed by atoms with van der Waals surface area (Å²) in [4.78, 5) is 24.5. The van der Waals surface area contributed by atoms with Gasteiger partial charge in [-0.2, -0.15) is 0 Å². The number of primary amides is 1. The minimum atomic E-state index is -0.634. The molecule has 0 bridgehead atoms. The van der Waals surface area contributed by atoms with Crippen molar-refractivity contribution in [2.45, 2.75) is 45.2 Å². The van der Waals surface area contributed by atoms with Crippen LogP contribution in [0.3, 0.4) is 0 Å². The average molecular weight is 411 g/mol. The summed E-state index contributed by atoms with van der Waals surface area (Å²) in [6.07, 6.45) is 6.41. The first-order chi connectivity index (χ1) is 14.1. The molecule has 8 heteroatoms. The monoisotopic (exact) mass is 410 g/mol. The van der Waals surface area contributed by atoms with E-state index in [-0.39, 0.29) is 22.6 Å². The van der Waals surface area contributed by atoms with Crippen LogP contribution in [-0.2, 0) is 4.79 Å². The fourth-order valence-corrected chi connectivity index (χ4v) is 3.81. The Morgan fingerprint density at radius 3 is 2.57 bits per heavy atom. The maximum absolute atomic E-state index is 12.1. The van der Waals surface area contributed by atoms with E-state index in [1.807, 2.05) is 25.3 Å². The first-order valence-corrected chi connectivity index (χ1v) is 9.88. The van der Waals surface area contributed by atoms with Crippen molar-refractivity contribution in [3.63, 3.8) is 0 Å². The van der Waals surface area contributed by atoms with E-state index in [9.17, 15) is 4.79 Å². The Labute approximate surface area is 176 Å². The Balaban J connectivity index is 2.04. The van der Waals surface area contributed by atoms with Crippen molar-refractivity contribution in [3.8, 4) is 17.0 Å². The Morgan fingerprint density at radius 2 is 2.07 bits per heavy atom. The van der Waals surface area contributed by atoms with Gasteiger partial charge in [0.15, 0.2) is 0 Å². The van der Waals surface area contributed by atoms with Crippen LogP contribution >= 0.6 is 0 Å². The van der Waals surface area contributed by atoms with Crippen molar-refractivity contribution in [1.82, 2.24) is 9.97 Å². The summed E-state index contributed by atoms with van der Waals surface area (Å²) >= 11 is 0. The number of hydrogen-bond acceptors (Lipinski definition) is 6. The number of hydrogen-bond donors (Lipinski definition) is 4. The summed E-state index contributed by atoms with van der Waals surface area (Å²) in [6.45, 7) is 6.25. The molecule has 8 nitrogen and oxygen atoms in total. The minimum absolute atomic E-state index is 0.0776. The van der Waals surface area contributed by atoms with Gasteiger partial charge in [0.1, 0.15) is 0 Å². The average Bonchev–Trinajstić information content (AvgIpc) is 3.26. The molecule has 0 aliphatic heterocycles. The van der Waals surface area contributed by atoms with Crippen LogP contribution in [0.15, 0.2) is 47.4 Å². The first kappa shape index (κ1) is 21.6. The van der Waals surface area contributed by atoms with Crippen molar-refractivity contribution in [2.75, 3.05) is 7.11 Å². The maximum atomic E-state index is 12.1. The molecule has 2 aromatic rings. The predicted molar refractivity (Wildman–Crippen MR) is 118 cm³/mol. The molecule has 7 N–H and O–H groups in total. The Bertz CT molecular complexity index is 985. The van der Waals surface area contributed by atoms with E-state index in [2.05, 4.69) is 23.8 Å². The smallest absolute Gasteiger partial charge is 0.252 e. The summed E-state index contributed by atoms with van der Waals surface area (Å²) in [7, 11) is 1.57. The van der Waals surface area contributed by atoms with Crippen molar-refractivity contribution in [2.24, 2.45) is 27.6 Å². The number of carbonyl (C=O) groups is 1. The van der Waals surface area contributed by atoms with Crippen molar-refractivity contribution in [1.29, 1.82) is 0 Å². The van der Waals surface area contributed by atoms with Crippen LogP contribution in [0.2, 0.25) is 0 Å². The van der Waals surface area contributed by atoms with E-state index in [4.69, 9.17) is 26.9 Å². The largest absolute Gasteiger partial charge is 0.481 e. The number of aromatic nitrogens is 2. The summed E-state index contributed by atoms with van der Waals surface area (Å²) in [5.41, 5.74) is 20.3. The molecule has 2 atom stereocenters. The molecule has 1 aliphatic rings. The van der Waals surface area contributed by atoms with Crippen LogP contribution in [0.25, 0.3) is 11.1 Å². The van der Waals surface area contributed by atoms with Gasteiger partial charge < -0.3 is 26.9 Å². The molecule has 1 unspecified atom stereocenters. The molecule has 2 heterocycles. The second kappa shape index (κ2) is 7.95. The lowest BCUT2D eigenvalue weighted by molar-refractivity contribution is -0.114. The van der Waals surface area contributed by atoms with Gasteiger partial charge in [0, 0.05) is 46.7 Å². The number of pyridine rings is 1. The third kappa shape index (κ3) is 3.82. The molecular weight excluding hydrogens is 380 g/mol. The van der Waals surface area contributed by atoms with E-state index in [0.717, 1.165) is 24.0 Å². The number of methoxy groups -OCH3 is 1. The minimum Gasteiger partial charge on any atom is -0.481 e. The molecule has 1 fully saturated rings. The highest BCUT2D eigenvalue weighted by Gasteiger charge is 2.49. The standard InChI is InChI=1S/C22H30N6O2/c1-21(2)17(7-8-22(21,3)25)28-19(15(10-23)20(24)29)16-9-14(12-26-16)13-5-6-18(30-4)27-11-13/h5-6,9-12,17,26H,7-8,23,25H2,1-4H3,(H2,24,29)/t17?,22-/m1/s1. The van der Waals surface area contributed by atoms with Crippen LogP contribution in [0.1, 0.15) is 39.3 Å². The molecule has 0 saturated heterocycles. The van der Waals surface area contributed by atoms with Crippen molar-refractivity contribution < 1.29 is 9.53 Å². The lowest BCUT2D eigenvalue weighted by atomic mass is 9.75. The van der Waals surface area contributed by atoms with Gasteiger partial charge in [-0.25, -0.2) is 4.98 Å². The molecule has 0 aromatic carbocycles. The number of amides is 1. The number of rotatable bonds is 6. The van der Waals surface area contributed by atoms with Gasteiger partial charge in [-0.1, -0.05) is 13.8 Å². The summed E-state index contributed by atoms with van der Waals surface area (Å²) < 4.78 is 5.11. The predicted octanol–water partition coefficient (Wildman–Crippen LogP) is 2.11. The van der Waals surface area contributed by atoms with Gasteiger partial charge in [-0.3, -0.25) is 9.79 Å². The zero-order chi connectivity index (χ0) is 22.1. The second-order valence-electron chi connectivity index (χ2n) is 8.51. The highest BCUT2D eigenvalue weighted by Crippen LogP contribution is 2.46. The first-order valence-electron chi connectivity index (χ1n) is 9.88.